The van der Waals surface area contributed by atoms with Crippen molar-refractivity contribution in [3.8, 4) is 28.4 Å². The number of rotatable bonds is 7. The highest BCUT2D eigenvalue weighted by Crippen LogP contribution is 2.45. The van der Waals surface area contributed by atoms with Crippen LogP contribution in [-0.2, 0) is 11.3 Å². The summed E-state index contributed by atoms with van der Waals surface area (Å²) in [6, 6.07) is 25.3. The van der Waals surface area contributed by atoms with E-state index in [0.717, 1.165) is 40.3 Å². The van der Waals surface area contributed by atoms with E-state index in [1.165, 1.54) is 54.4 Å². The summed E-state index contributed by atoms with van der Waals surface area (Å²) in [7, 11) is 3.41. The minimum Gasteiger partial charge on any atom is -0.497 e. The molecule has 5 nitrogen and oxygen atoms in total. The molecule has 0 N–H and O–H groups in total. The third-order valence-corrected chi connectivity index (χ3v) is 7.85. The fraction of sp³-hybridized carbons (Fsp3) is 0.333. The van der Waals surface area contributed by atoms with E-state index in [-0.39, 0.29) is 18.5 Å². The Hall–Kier alpha value is -3.25. The van der Waals surface area contributed by atoms with Crippen LogP contribution in [0.25, 0.3) is 21.9 Å². The van der Waals surface area contributed by atoms with Crippen LogP contribution in [0.4, 0.5) is 0 Å². The van der Waals surface area contributed by atoms with Gasteiger partial charge in [0.15, 0.2) is 0 Å². The zero-order valence-corrected chi connectivity index (χ0v) is 23.5. The summed E-state index contributed by atoms with van der Waals surface area (Å²) in [5, 5.41) is 2.30. The van der Waals surface area contributed by atoms with E-state index in [1.807, 2.05) is 12.1 Å². The average Bonchev–Trinajstić information content (AvgIpc) is 3.14. The van der Waals surface area contributed by atoms with Gasteiger partial charge in [0.1, 0.15) is 30.0 Å². The number of hydrogen-bond acceptors (Lipinski definition) is 5. The van der Waals surface area contributed by atoms with E-state index in [2.05, 4.69) is 65.6 Å². The van der Waals surface area contributed by atoms with Crippen molar-refractivity contribution >= 4 is 23.2 Å². The normalized spacial score (nSPS) is 16.9. The first-order chi connectivity index (χ1) is 18.7. The number of likely N-dealkylation sites (tertiary alicyclic amines) is 1. The first kappa shape index (κ1) is 27.3. The van der Waals surface area contributed by atoms with Gasteiger partial charge in [-0.1, -0.05) is 42.8 Å². The predicted octanol–water partition coefficient (Wildman–Crippen LogP) is 7.43. The monoisotopic (exact) mass is 545 g/mol. The molecule has 2 heterocycles. The number of benzene rings is 4. The van der Waals surface area contributed by atoms with Gasteiger partial charge < -0.3 is 18.9 Å². The molecule has 1 fully saturated rings. The molecule has 2 aliphatic heterocycles. The number of piperidine rings is 1. The largest absolute Gasteiger partial charge is 0.497 e. The van der Waals surface area contributed by atoms with Crippen molar-refractivity contribution in [2.45, 2.75) is 32.0 Å². The third-order valence-electron chi connectivity index (χ3n) is 7.85. The first-order valence-corrected chi connectivity index (χ1v) is 13.6. The Morgan fingerprint density at radius 1 is 0.769 bits per heavy atom. The van der Waals surface area contributed by atoms with Crippen LogP contribution in [0.3, 0.4) is 0 Å². The second-order valence-corrected chi connectivity index (χ2v) is 10.1. The lowest BCUT2D eigenvalue weighted by Gasteiger charge is -2.26. The molecule has 0 aromatic heterocycles. The zero-order chi connectivity index (χ0) is 25.9. The molecule has 0 radical (unpaired) electrons. The Balaban J connectivity index is 0.00000308. The molecule has 204 valence electrons. The van der Waals surface area contributed by atoms with Gasteiger partial charge in [0, 0.05) is 12.1 Å². The van der Waals surface area contributed by atoms with Crippen molar-refractivity contribution in [1.82, 2.24) is 4.90 Å². The summed E-state index contributed by atoms with van der Waals surface area (Å²) in [6.45, 7) is 4.57. The van der Waals surface area contributed by atoms with Gasteiger partial charge in [0.2, 0.25) is 0 Å². The lowest BCUT2D eigenvalue weighted by molar-refractivity contribution is 0.0700. The molecule has 1 unspecified atom stereocenters. The predicted molar refractivity (Wildman–Crippen MR) is 159 cm³/mol. The summed E-state index contributed by atoms with van der Waals surface area (Å²) in [6.07, 6.45) is 3.74. The summed E-state index contributed by atoms with van der Waals surface area (Å²) < 4.78 is 23.8. The standard InChI is InChI=1S/C33H35NO4.ClH/c1-35-27-12-15-30-24(20-27)8-13-31-29-14-11-28(36-2)21-25(29)22-38-33(32(30)31)23-6-9-26(10-7-23)37-19-18-34-16-4-3-5-17-34;/h6-15,20-21,33H,3-5,16-19,22H2,1-2H3;1H. The summed E-state index contributed by atoms with van der Waals surface area (Å²) in [5.74, 6) is 2.58. The van der Waals surface area contributed by atoms with Crippen molar-refractivity contribution in [2.75, 3.05) is 40.5 Å². The third kappa shape index (κ3) is 5.72. The van der Waals surface area contributed by atoms with E-state index in [1.54, 1.807) is 14.2 Å². The maximum atomic E-state index is 6.67. The lowest BCUT2D eigenvalue weighted by atomic mass is 9.87. The summed E-state index contributed by atoms with van der Waals surface area (Å²) >= 11 is 0. The van der Waals surface area contributed by atoms with E-state index in [0.29, 0.717) is 13.2 Å². The maximum absolute atomic E-state index is 6.67. The molecular formula is C33H36ClNO4. The Labute approximate surface area is 237 Å². The lowest BCUT2D eigenvalue weighted by Crippen LogP contribution is -2.33. The SMILES string of the molecule is COc1ccc2c(c1)COC(c1ccc(OCCN3CCCCC3)cc1)c1c-2ccc2cc(OC)ccc12.Cl. The number of ether oxygens (including phenoxy) is 4. The quantitative estimate of drug-likeness (QED) is 0.241. The Kier molecular flexibility index (Phi) is 8.61. The highest BCUT2D eigenvalue weighted by molar-refractivity contribution is 5.94. The highest BCUT2D eigenvalue weighted by Gasteiger charge is 2.27. The van der Waals surface area contributed by atoms with Gasteiger partial charge in [0.05, 0.1) is 20.8 Å². The summed E-state index contributed by atoms with van der Waals surface area (Å²) in [5.41, 5.74) is 5.77. The zero-order valence-electron chi connectivity index (χ0n) is 22.7. The second kappa shape index (κ2) is 12.3. The summed E-state index contributed by atoms with van der Waals surface area (Å²) in [4.78, 5) is 2.50. The van der Waals surface area contributed by atoms with Gasteiger partial charge in [-0.15, -0.1) is 12.4 Å². The van der Waals surface area contributed by atoms with Gasteiger partial charge in [-0.3, -0.25) is 4.90 Å². The van der Waals surface area contributed by atoms with Crippen LogP contribution in [0.15, 0.2) is 72.8 Å². The second-order valence-electron chi connectivity index (χ2n) is 10.1. The first-order valence-electron chi connectivity index (χ1n) is 13.6. The van der Waals surface area contributed by atoms with E-state index >= 15 is 0 Å². The topological polar surface area (TPSA) is 40.2 Å². The Bertz CT molecular complexity index is 1420. The van der Waals surface area contributed by atoms with Crippen LogP contribution < -0.4 is 14.2 Å². The van der Waals surface area contributed by atoms with E-state index < -0.39 is 0 Å². The molecule has 1 saturated heterocycles. The minimum atomic E-state index is -0.220. The number of nitrogens with zero attached hydrogens (tertiary/aromatic N) is 1. The van der Waals surface area contributed by atoms with Gasteiger partial charge in [-0.25, -0.2) is 0 Å². The molecule has 0 spiro atoms. The molecule has 0 bridgehead atoms. The van der Waals surface area contributed by atoms with Crippen LogP contribution in [-0.4, -0.2) is 45.4 Å². The number of hydrogen-bond donors (Lipinski definition) is 0. The molecule has 39 heavy (non-hydrogen) atoms. The van der Waals surface area contributed by atoms with Crippen molar-refractivity contribution in [2.24, 2.45) is 0 Å². The molecule has 2 aliphatic rings. The number of fused-ring (bicyclic) bond motifs is 5. The average molecular weight is 546 g/mol. The van der Waals surface area contributed by atoms with Crippen LogP contribution >= 0.6 is 12.4 Å². The minimum absolute atomic E-state index is 0. The van der Waals surface area contributed by atoms with Crippen molar-refractivity contribution < 1.29 is 18.9 Å². The van der Waals surface area contributed by atoms with Gasteiger partial charge in [0.25, 0.3) is 0 Å². The molecule has 4 aromatic carbocycles. The van der Waals surface area contributed by atoms with Crippen molar-refractivity contribution in [3.05, 3.63) is 89.5 Å². The molecule has 0 saturated carbocycles. The number of methoxy groups -OCH3 is 2. The molecule has 1 atom stereocenters. The molecular weight excluding hydrogens is 510 g/mol. The molecule has 6 heteroatoms. The van der Waals surface area contributed by atoms with E-state index in [9.17, 15) is 0 Å². The van der Waals surface area contributed by atoms with Crippen LogP contribution in [0.1, 0.15) is 42.1 Å². The van der Waals surface area contributed by atoms with Gasteiger partial charge >= 0.3 is 0 Å². The Morgan fingerprint density at radius 3 is 2.23 bits per heavy atom. The van der Waals surface area contributed by atoms with Gasteiger partial charge in [-0.05, 0) is 95.4 Å². The fourth-order valence-corrected chi connectivity index (χ4v) is 5.79. The van der Waals surface area contributed by atoms with E-state index in [4.69, 9.17) is 18.9 Å². The molecule has 6 rings (SSSR count). The van der Waals surface area contributed by atoms with Crippen molar-refractivity contribution in [3.63, 3.8) is 0 Å². The Morgan fingerprint density at radius 2 is 1.46 bits per heavy atom. The molecule has 0 aliphatic carbocycles. The number of halogens is 1. The molecule has 4 aromatic rings. The van der Waals surface area contributed by atoms with Crippen LogP contribution in [0.2, 0.25) is 0 Å². The van der Waals surface area contributed by atoms with Crippen molar-refractivity contribution in [1.29, 1.82) is 0 Å². The van der Waals surface area contributed by atoms with Gasteiger partial charge in [-0.2, -0.15) is 0 Å². The fourth-order valence-electron chi connectivity index (χ4n) is 5.79. The van der Waals surface area contributed by atoms with Crippen LogP contribution in [0.5, 0.6) is 17.2 Å². The molecule has 0 amide bonds. The highest BCUT2D eigenvalue weighted by atomic mass is 35.5. The maximum Gasteiger partial charge on any atom is 0.119 e. The smallest absolute Gasteiger partial charge is 0.119 e. The van der Waals surface area contributed by atoms with Crippen LogP contribution in [0, 0.1) is 0 Å².